The van der Waals surface area contributed by atoms with E-state index >= 15 is 0 Å². The summed E-state index contributed by atoms with van der Waals surface area (Å²) in [5.41, 5.74) is 1.47. The Kier molecular flexibility index (Phi) is 8.14. The average molecular weight is 495 g/mol. The van der Waals surface area contributed by atoms with Gasteiger partial charge >= 0.3 is 5.97 Å². The third-order valence-corrected chi connectivity index (χ3v) is 6.76. The van der Waals surface area contributed by atoms with Gasteiger partial charge in [0, 0.05) is 18.1 Å². The van der Waals surface area contributed by atoms with Crippen molar-refractivity contribution in [3.8, 4) is 17.6 Å². The van der Waals surface area contributed by atoms with Gasteiger partial charge in [-0.15, -0.1) is 0 Å². The van der Waals surface area contributed by atoms with Gasteiger partial charge in [0.1, 0.15) is 17.4 Å². The van der Waals surface area contributed by atoms with Crippen LogP contribution in [0.25, 0.3) is 10.9 Å². The molecule has 0 bridgehead atoms. The molecule has 2 aromatic carbocycles. The number of hydrogen-bond acceptors (Lipinski definition) is 5. The van der Waals surface area contributed by atoms with E-state index in [1.807, 2.05) is 23.1 Å². The van der Waals surface area contributed by atoms with E-state index in [0.717, 1.165) is 34.7 Å². The highest BCUT2D eigenvalue weighted by molar-refractivity contribution is 5.83. The molecule has 188 valence electrons. The van der Waals surface area contributed by atoms with Gasteiger partial charge in [0.05, 0.1) is 36.8 Å². The van der Waals surface area contributed by atoms with Crippen LogP contribution in [0.1, 0.15) is 36.5 Å². The van der Waals surface area contributed by atoms with Crippen molar-refractivity contribution in [2.75, 3.05) is 26.7 Å². The molecule has 4 rings (SSSR count). The number of nitrogens with zero attached hydrogens (tertiary/aromatic N) is 2. The standard InChI is InChI=1S/C28H28F2N2O4/c1-36-21-6-8-26-23(16-21)22(10-12-31-26)27(33)9-4-18-11-14-32(17-24(18)28(34)35)13-2-3-19-15-20(29)5-7-25(19)30/h5-8,10,12,15-16,18,24,27,33H,4,9,11,13-14,17H2,1H3,(H,34,35)/t18-,24+,27+/m1/s1. The highest BCUT2D eigenvalue weighted by Crippen LogP contribution is 2.33. The zero-order chi connectivity index (χ0) is 25.7. The quantitative estimate of drug-likeness (QED) is 0.474. The molecule has 3 aromatic rings. The highest BCUT2D eigenvalue weighted by atomic mass is 19.1. The number of carboxylic acids is 1. The van der Waals surface area contributed by atoms with E-state index in [-0.39, 0.29) is 18.0 Å². The first kappa shape index (κ1) is 25.5. The second-order valence-electron chi connectivity index (χ2n) is 9.03. The molecule has 0 aliphatic carbocycles. The van der Waals surface area contributed by atoms with Crippen LogP contribution in [0.5, 0.6) is 5.75 Å². The summed E-state index contributed by atoms with van der Waals surface area (Å²) in [6, 6.07) is 10.4. The molecule has 36 heavy (non-hydrogen) atoms. The topological polar surface area (TPSA) is 82.9 Å². The summed E-state index contributed by atoms with van der Waals surface area (Å²) in [6.07, 6.45) is 2.51. The number of aromatic nitrogens is 1. The van der Waals surface area contributed by atoms with E-state index in [2.05, 4.69) is 16.8 Å². The number of hydrogen-bond donors (Lipinski definition) is 2. The lowest BCUT2D eigenvalue weighted by molar-refractivity contribution is -0.146. The molecule has 6 nitrogen and oxygen atoms in total. The molecule has 0 radical (unpaired) electrons. The molecular formula is C28H28F2N2O4. The number of halogens is 2. The van der Waals surface area contributed by atoms with Crippen molar-refractivity contribution < 1.29 is 28.5 Å². The number of likely N-dealkylation sites (tertiary alicyclic amines) is 1. The Labute approximate surface area is 208 Å². The number of carbonyl (C=O) groups is 1. The number of benzene rings is 2. The monoisotopic (exact) mass is 494 g/mol. The van der Waals surface area contributed by atoms with Crippen LogP contribution in [-0.2, 0) is 4.79 Å². The van der Waals surface area contributed by atoms with Crippen LogP contribution in [0.15, 0.2) is 48.7 Å². The lowest BCUT2D eigenvalue weighted by Gasteiger charge is -2.36. The van der Waals surface area contributed by atoms with Gasteiger partial charge in [0.2, 0.25) is 0 Å². The van der Waals surface area contributed by atoms with E-state index in [1.54, 1.807) is 19.4 Å². The Bertz CT molecular complexity index is 1300. The number of ether oxygens (including phenoxy) is 1. The van der Waals surface area contributed by atoms with Gasteiger partial charge in [-0.25, -0.2) is 8.78 Å². The van der Waals surface area contributed by atoms with Crippen LogP contribution in [0, 0.1) is 35.3 Å². The molecular weight excluding hydrogens is 466 g/mol. The summed E-state index contributed by atoms with van der Waals surface area (Å²) in [5, 5.41) is 21.6. The van der Waals surface area contributed by atoms with Crippen molar-refractivity contribution in [2.45, 2.75) is 25.4 Å². The number of pyridine rings is 1. The van der Waals surface area contributed by atoms with E-state index in [0.29, 0.717) is 38.1 Å². The summed E-state index contributed by atoms with van der Waals surface area (Å²) >= 11 is 0. The SMILES string of the molecule is COc1ccc2nccc([C@@H](O)CC[C@@H]3CCN(CC#Cc4cc(F)ccc4F)C[C@@H]3C(=O)O)c2c1. The Morgan fingerprint density at radius 2 is 2.08 bits per heavy atom. The minimum absolute atomic E-state index is 0.0186. The van der Waals surface area contributed by atoms with Crippen molar-refractivity contribution in [3.63, 3.8) is 0 Å². The fraction of sp³-hybridized carbons (Fsp3) is 0.357. The number of fused-ring (bicyclic) bond motifs is 1. The third-order valence-electron chi connectivity index (χ3n) is 6.76. The molecule has 0 saturated carbocycles. The Balaban J connectivity index is 1.38. The number of carboxylic acid groups (broad SMARTS) is 1. The maximum Gasteiger partial charge on any atom is 0.308 e. The Hall–Kier alpha value is -3.54. The van der Waals surface area contributed by atoms with Gasteiger partial charge in [-0.05, 0) is 79.8 Å². The number of piperidine rings is 1. The normalized spacial score (nSPS) is 18.9. The van der Waals surface area contributed by atoms with Crippen molar-refractivity contribution in [1.82, 2.24) is 9.88 Å². The molecule has 0 amide bonds. The van der Waals surface area contributed by atoms with Crippen LogP contribution in [-0.4, -0.2) is 52.8 Å². The van der Waals surface area contributed by atoms with Crippen LogP contribution in [0.2, 0.25) is 0 Å². The van der Waals surface area contributed by atoms with Crippen LogP contribution >= 0.6 is 0 Å². The first-order valence-corrected chi connectivity index (χ1v) is 11.9. The molecule has 1 aliphatic rings. The molecule has 1 aromatic heterocycles. The van der Waals surface area contributed by atoms with Gasteiger partial charge in [0.15, 0.2) is 0 Å². The second kappa shape index (κ2) is 11.5. The average Bonchev–Trinajstić information content (AvgIpc) is 2.88. The molecule has 2 N–H and O–H groups in total. The first-order valence-electron chi connectivity index (χ1n) is 11.9. The second-order valence-corrected chi connectivity index (χ2v) is 9.03. The predicted molar refractivity (Wildman–Crippen MR) is 131 cm³/mol. The third kappa shape index (κ3) is 5.99. The van der Waals surface area contributed by atoms with E-state index in [9.17, 15) is 23.8 Å². The van der Waals surface area contributed by atoms with E-state index < -0.39 is 29.6 Å². The number of aliphatic hydroxyl groups is 1. The number of rotatable bonds is 7. The molecule has 1 saturated heterocycles. The maximum absolute atomic E-state index is 13.8. The molecule has 1 aliphatic heterocycles. The van der Waals surface area contributed by atoms with E-state index in [1.165, 1.54) is 0 Å². The minimum Gasteiger partial charge on any atom is -0.497 e. The molecule has 0 unspecified atom stereocenters. The summed E-state index contributed by atoms with van der Waals surface area (Å²) in [5.74, 6) is 3.40. The fourth-order valence-electron chi connectivity index (χ4n) is 4.77. The summed E-state index contributed by atoms with van der Waals surface area (Å²) in [6.45, 7) is 1.21. The largest absolute Gasteiger partial charge is 0.497 e. The number of aliphatic hydroxyl groups excluding tert-OH is 1. The Morgan fingerprint density at radius 1 is 1.25 bits per heavy atom. The molecule has 0 spiro atoms. The van der Waals surface area contributed by atoms with Crippen LogP contribution in [0.3, 0.4) is 0 Å². The van der Waals surface area contributed by atoms with Gasteiger partial charge < -0.3 is 14.9 Å². The molecule has 3 atom stereocenters. The fourth-order valence-corrected chi connectivity index (χ4v) is 4.77. The van der Waals surface area contributed by atoms with Crippen molar-refractivity contribution >= 4 is 16.9 Å². The van der Waals surface area contributed by atoms with Gasteiger partial charge in [-0.2, -0.15) is 0 Å². The van der Waals surface area contributed by atoms with Gasteiger partial charge in [-0.3, -0.25) is 14.7 Å². The first-order chi connectivity index (χ1) is 17.4. The molecule has 8 heteroatoms. The van der Waals surface area contributed by atoms with Gasteiger partial charge in [0.25, 0.3) is 0 Å². The maximum atomic E-state index is 13.8. The zero-order valence-electron chi connectivity index (χ0n) is 20.0. The van der Waals surface area contributed by atoms with Crippen molar-refractivity contribution in [3.05, 3.63) is 71.4 Å². The smallest absolute Gasteiger partial charge is 0.308 e. The number of methoxy groups -OCH3 is 1. The van der Waals surface area contributed by atoms with Crippen LogP contribution < -0.4 is 4.74 Å². The van der Waals surface area contributed by atoms with Crippen molar-refractivity contribution in [1.29, 1.82) is 0 Å². The highest BCUT2D eigenvalue weighted by Gasteiger charge is 2.34. The molecule has 2 heterocycles. The lowest BCUT2D eigenvalue weighted by Crippen LogP contribution is -2.44. The van der Waals surface area contributed by atoms with Crippen molar-refractivity contribution in [2.24, 2.45) is 11.8 Å². The summed E-state index contributed by atoms with van der Waals surface area (Å²) in [7, 11) is 1.58. The molecule has 1 fully saturated rings. The summed E-state index contributed by atoms with van der Waals surface area (Å²) < 4.78 is 32.4. The zero-order valence-corrected chi connectivity index (χ0v) is 20.0. The predicted octanol–water partition coefficient (Wildman–Crippen LogP) is 4.41. The Morgan fingerprint density at radius 3 is 2.86 bits per heavy atom. The lowest BCUT2D eigenvalue weighted by atomic mass is 9.81. The van der Waals surface area contributed by atoms with Crippen LogP contribution in [0.4, 0.5) is 8.78 Å². The van der Waals surface area contributed by atoms with E-state index in [4.69, 9.17) is 4.74 Å². The number of aliphatic carboxylic acids is 1. The van der Waals surface area contributed by atoms with Gasteiger partial charge in [-0.1, -0.05) is 11.8 Å². The summed E-state index contributed by atoms with van der Waals surface area (Å²) in [4.78, 5) is 18.3. The minimum atomic E-state index is -0.887.